The van der Waals surface area contributed by atoms with Crippen LogP contribution >= 0.6 is 0 Å². The van der Waals surface area contributed by atoms with Crippen molar-refractivity contribution in [1.82, 2.24) is 20.2 Å². The largest absolute Gasteiger partial charge is 0.384 e. The predicted molar refractivity (Wildman–Crippen MR) is 105 cm³/mol. The Kier molecular flexibility index (Phi) is 7.35. The first-order valence-electron chi connectivity index (χ1n) is 9.01. The molecule has 0 bridgehead atoms. The maximum absolute atomic E-state index is 11.5. The number of rotatable bonds is 4. The summed E-state index contributed by atoms with van der Waals surface area (Å²) in [5, 5.41) is 2.58. The lowest BCUT2D eigenvalue weighted by Crippen LogP contribution is -2.46. The Hall–Kier alpha value is -2.67. The molecule has 2 aromatic rings. The summed E-state index contributed by atoms with van der Waals surface area (Å²) >= 11 is 0. The summed E-state index contributed by atoms with van der Waals surface area (Å²) < 4.78 is 0. The summed E-state index contributed by atoms with van der Waals surface area (Å²) in [4.78, 5) is 24.5. The molecule has 140 valence electrons. The third-order valence-corrected chi connectivity index (χ3v) is 4.20. The first kappa shape index (κ1) is 19.7. The smallest absolute Gasteiger partial charge is 0.269 e. The Morgan fingerprint density at radius 2 is 1.88 bits per heavy atom. The first-order valence-corrected chi connectivity index (χ1v) is 9.01. The van der Waals surface area contributed by atoms with E-state index < -0.39 is 0 Å². The van der Waals surface area contributed by atoms with Crippen molar-refractivity contribution in [2.24, 2.45) is 0 Å². The molecular formula is C19H28N6O. The first-order chi connectivity index (χ1) is 12.7. The molecule has 0 saturated carbocycles. The number of nitrogens with one attached hydrogen (secondary N) is 1. The summed E-state index contributed by atoms with van der Waals surface area (Å²) in [6.07, 6.45) is 3.52. The minimum absolute atomic E-state index is 0.164. The van der Waals surface area contributed by atoms with Gasteiger partial charge in [-0.2, -0.15) is 0 Å². The van der Waals surface area contributed by atoms with Gasteiger partial charge in [0, 0.05) is 46.0 Å². The Balaban J connectivity index is 0.00000117. The number of anilines is 2. The Morgan fingerprint density at radius 3 is 2.46 bits per heavy atom. The highest BCUT2D eigenvalue weighted by Gasteiger charge is 2.18. The second-order valence-corrected chi connectivity index (χ2v) is 5.83. The summed E-state index contributed by atoms with van der Waals surface area (Å²) in [5.41, 5.74) is 8.41. The monoisotopic (exact) mass is 356 g/mol. The fourth-order valence-corrected chi connectivity index (χ4v) is 2.85. The van der Waals surface area contributed by atoms with E-state index in [4.69, 9.17) is 5.73 Å². The topological polar surface area (TPSA) is 87.4 Å². The molecule has 0 atom stereocenters. The van der Waals surface area contributed by atoms with Crippen LogP contribution < -0.4 is 16.0 Å². The highest BCUT2D eigenvalue weighted by molar-refractivity contribution is 5.92. The molecule has 2 aromatic heterocycles. The minimum atomic E-state index is -0.164. The molecule has 3 N–H and O–H groups in total. The van der Waals surface area contributed by atoms with Gasteiger partial charge in [0.2, 0.25) is 0 Å². The summed E-state index contributed by atoms with van der Waals surface area (Å²) in [7, 11) is 1.60. The molecule has 26 heavy (non-hydrogen) atoms. The number of piperazine rings is 1. The summed E-state index contributed by atoms with van der Waals surface area (Å²) in [6.45, 7) is 8.69. The number of nitrogens with zero attached hydrogens (tertiary/aromatic N) is 4. The van der Waals surface area contributed by atoms with Crippen molar-refractivity contribution in [2.75, 3.05) is 43.9 Å². The molecule has 0 spiro atoms. The van der Waals surface area contributed by atoms with E-state index in [1.165, 1.54) is 5.56 Å². The molecule has 3 heterocycles. The molecule has 0 radical (unpaired) electrons. The minimum Gasteiger partial charge on any atom is -0.384 e. The SMILES string of the molecule is CC.CNC(=O)c1ccc(N2CCN(Cc3ccnc(N)c3)CC2)cn1. The number of nitrogens with two attached hydrogens (primary N) is 1. The second kappa shape index (κ2) is 9.72. The van der Waals surface area contributed by atoms with Crippen molar-refractivity contribution in [2.45, 2.75) is 20.4 Å². The maximum Gasteiger partial charge on any atom is 0.269 e. The van der Waals surface area contributed by atoms with Crippen LogP contribution in [-0.2, 0) is 6.54 Å². The number of pyridine rings is 2. The molecule has 1 fully saturated rings. The van der Waals surface area contributed by atoms with E-state index in [1.807, 2.05) is 32.0 Å². The molecule has 1 amide bonds. The number of hydrogen-bond donors (Lipinski definition) is 2. The van der Waals surface area contributed by atoms with E-state index >= 15 is 0 Å². The van der Waals surface area contributed by atoms with Crippen LogP contribution in [0.4, 0.5) is 11.5 Å². The molecule has 7 heteroatoms. The number of amides is 1. The van der Waals surface area contributed by atoms with Gasteiger partial charge in [-0.15, -0.1) is 0 Å². The molecule has 0 unspecified atom stereocenters. The van der Waals surface area contributed by atoms with Crippen LogP contribution in [0.5, 0.6) is 0 Å². The molecule has 0 aliphatic carbocycles. The Bertz CT molecular complexity index is 695. The van der Waals surface area contributed by atoms with Crippen molar-refractivity contribution in [3.63, 3.8) is 0 Å². The van der Waals surface area contributed by atoms with Crippen LogP contribution in [0.2, 0.25) is 0 Å². The van der Waals surface area contributed by atoms with Crippen LogP contribution in [0.3, 0.4) is 0 Å². The van der Waals surface area contributed by atoms with Gasteiger partial charge in [0.1, 0.15) is 11.5 Å². The lowest BCUT2D eigenvalue weighted by molar-refractivity contribution is 0.0958. The Morgan fingerprint density at radius 1 is 1.15 bits per heavy atom. The van der Waals surface area contributed by atoms with Crippen LogP contribution in [0.25, 0.3) is 0 Å². The average molecular weight is 356 g/mol. The standard InChI is InChI=1S/C17H22N6O.C2H6/c1-19-17(24)15-3-2-14(11-21-15)23-8-6-22(7-9-23)12-13-4-5-20-16(18)10-13;1-2/h2-5,10-11H,6-9,12H2,1H3,(H2,18,20)(H,19,24);1-2H3. The zero-order valence-corrected chi connectivity index (χ0v) is 15.8. The molecule has 7 nitrogen and oxygen atoms in total. The lowest BCUT2D eigenvalue weighted by atomic mass is 10.2. The number of carbonyl (C=O) groups is 1. The average Bonchev–Trinajstić information content (AvgIpc) is 2.70. The highest BCUT2D eigenvalue weighted by atomic mass is 16.1. The van der Waals surface area contributed by atoms with E-state index in [0.717, 1.165) is 38.4 Å². The molecule has 1 saturated heterocycles. The van der Waals surface area contributed by atoms with Crippen molar-refractivity contribution in [3.05, 3.63) is 47.9 Å². The van der Waals surface area contributed by atoms with E-state index in [-0.39, 0.29) is 5.91 Å². The van der Waals surface area contributed by atoms with Crippen LogP contribution in [0.15, 0.2) is 36.7 Å². The fraction of sp³-hybridized carbons (Fsp3) is 0.421. The van der Waals surface area contributed by atoms with Gasteiger partial charge in [-0.3, -0.25) is 9.69 Å². The molecular weight excluding hydrogens is 328 g/mol. The molecule has 1 aliphatic rings. The predicted octanol–water partition coefficient (Wildman–Crippen LogP) is 1.77. The maximum atomic E-state index is 11.5. The van der Waals surface area contributed by atoms with E-state index in [0.29, 0.717) is 11.5 Å². The molecule has 0 aromatic carbocycles. The van der Waals surface area contributed by atoms with Crippen LogP contribution in [0.1, 0.15) is 29.9 Å². The zero-order chi connectivity index (χ0) is 18.9. The molecule has 1 aliphatic heterocycles. The normalized spacial score (nSPS) is 14.3. The quantitative estimate of drug-likeness (QED) is 0.868. The lowest BCUT2D eigenvalue weighted by Gasteiger charge is -2.36. The second-order valence-electron chi connectivity index (χ2n) is 5.83. The molecule has 3 rings (SSSR count). The van der Waals surface area contributed by atoms with E-state index in [2.05, 4.69) is 25.1 Å². The number of nitrogen functional groups attached to an aromatic ring is 1. The van der Waals surface area contributed by atoms with Crippen molar-refractivity contribution in [1.29, 1.82) is 0 Å². The van der Waals surface area contributed by atoms with Crippen LogP contribution in [0, 0.1) is 0 Å². The summed E-state index contributed by atoms with van der Waals surface area (Å²) in [6, 6.07) is 7.65. The van der Waals surface area contributed by atoms with Crippen LogP contribution in [-0.4, -0.2) is 54.0 Å². The van der Waals surface area contributed by atoms with Gasteiger partial charge in [0.15, 0.2) is 0 Å². The van der Waals surface area contributed by atoms with E-state index in [1.54, 1.807) is 25.5 Å². The van der Waals surface area contributed by atoms with Gasteiger partial charge in [-0.1, -0.05) is 13.8 Å². The van der Waals surface area contributed by atoms with Gasteiger partial charge < -0.3 is 16.0 Å². The van der Waals surface area contributed by atoms with Crippen molar-refractivity contribution >= 4 is 17.4 Å². The van der Waals surface area contributed by atoms with Crippen molar-refractivity contribution in [3.8, 4) is 0 Å². The third kappa shape index (κ3) is 5.16. The Labute approximate surface area is 155 Å². The summed E-state index contributed by atoms with van der Waals surface area (Å²) in [5.74, 6) is 0.399. The van der Waals surface area contributed by atoms with Gasteiger partial charge in [0.05, 0.1) is 11.9 Å². The van der Waals surface area contributed by atoms with Gasteiger partial charge in [-0.25, -0.2) is 9.97 Å². The third-order valence-electron chi connectivity index (χ3n) is 4.20. The number of carbonyl (C=O) groups excluding carboxylic acids is 1. The van der Waals surface area contributed by atoms with Gasteiger partial charge in [0.25, 0.3) is 5.91 Å². The number of aromatic nitrogens is 2. The highest BCUT2D eigenvalue weighted by Crippen LogP contribution is 2.17. The number of hydrogen-bond acceptors (Lipinski definition) is 6. The van der Waals surface area contributed by atoms with Gasteiger partial charge >= 0.3 is 0 Å². The van der Waals surface area contributed by atoms with Gasteiger partial charge in [-0.05, 0) is 29.8 Å². The fourth-order valence-electron chi connectivity index (χ4n) is 2.85. The zero-order valence-electron chi connectivity index (χ0n) is 15.8. The van der Waals surface area contributed by atoms with Crippen molar-refractivity contribution < 1.29 is 4.79 Å². The van der Waals surface area contributed by atoms with E-state index in [9.17, 15) is 4.79 Å².